The second-order valence-electron chi connectivity index (χ2n) is 10.6. The third kappa shape index (κ3) is 6.86. The molecule has 0 aliphatic rings. The summed E-state index contributed by atoms with van der Waals surface area (Å²) >= 11 is 0. The lowest BCUT2D eigenvalue weighted by Crippen LogP contribution is -2.28. The highest BCUT2D eigenvalue weighted by atomic mass is 33.1. The van der Waals surface area contributed by atoms with Crippen molar-refractivity contribution in [2.75, 3.05) is 11.5 Å². The number of nitriles is 2. The summed E-state index contributed by atoms with van der Waals surface area (Å²) in [5, 5.41) is 20.0. The van der Waals surface area contributed by atoms with Crippen LogP contribution in [-0.2, 0) is 13.1 Å². The van der Waals surface area contributed by atoms with Crippen LogP contribution in [0.1, 0.15) is 11.1 Å². The lowest BCUT2D eigenvalue weighted by molar-refractivity contribution is 0.723. The second kappa shape index (κ2) is 15.3. The summed E-state index contributed by atoms with van der Waals surface area (Å²) in [5.41, 5.74) is 2.94. The molecule has 6 aromatic rings. The van der Waals surface area contributed by atoms with Gasteiger partial charge in [-0.25, -0.2) is 9.97 Å². The van der Waals surface area contributed by atoms with Crippen molar-refractivity contribution in [1.82, 2.24) is 19.1 Å². The first-order chi connectivity index (χ1) is 23.6. The molecule has 2 heterocycles. The molecule has 0 N–H and O–H groups in total. The van der Waals surface area contributed by atoms with E-state index < -0.39 is 0 Å². The SMILES string of the molecule is N#Cc1c(-c2ccccc2)nc(-c2ccccc2)n(CCSSCCn2c(-c3ccccc3)nc(-c3ccccc3)c(C#N)c2=O)c1=O. The molecule has 4 aromatic carbocycles. The molecule has 0 spiro atoms. The maximum Gasteiger partial charge on any atom is 0.272 e. The molecule has 0 aliphatic carbocycles. The Morgan fingerprint density at radius 1 is 0.500 bits per heavy atom. The number of nitrogens with zero attached hydrogens (tertiary/aromatic N) is 6. The van der Waals surface area contributed by atoms with Gasteiger partial charge in [-0.1, -0.05) is 143 Å². The minimum absolute atomic E-state index is 0.00565. The first kappa shape index (κ1) is 32.3. The summed E-state index contributed by atoms with van der Waals surface area (Å²) in [6.45, 7) is 0.664. The molecule has 0 saturated carbocycles. The van der Waals surface area contributed by atoms with Crippen molar-refractivity contribution in [3.05, 3.63) is 153 Å². The smallest absolute Gasteiger partial charge is 0.272 e. The monoisotopic (exact) mass is 664 g/mol. The summed E-state index contributed by atoms with van der Waals surface area (Å²) in [7, 11) is 3.11. The summed E-state index contributed by atoms with van der Waals surface area (Å²) in [5.74, 6) is 2.10. The molecule has 0 unspecified atom stereocenters. The van der Waals surface area contributed by atoms with Crippen LogP contribution in [-0.4, -0.2) is 30.6 Å². The zero-order valence-corrected chi connectivity index (χ0v) is 27.3. The van der Waals surface area contributed by atoms with Gasteiger partial charge in [-0.15, -0.1) is 0 Å². The molecular weight excluding hydrogens is 637 g/mol. The summed E-state index contributed by atoms with van der Waals surface area (Å²) < 4.78 is 3.13. The van der Waals surface area contributed by atoms with E-state index in [-0.39, 0.29) is 22.2 Å². The fourth-order valence-corrected chi connectivity index (χ4v) is 7.23. The maximum atomic E-state index is 13.7. The maximum absolute atomic E-state index is 13.7. The van der Waals surface area contributed by atoms with E-state index in [0.717, 1.165) is 11.1 Å². The number of rotatable bonds is 11. The molecule has 48 heavy (non-hydrogen) atoms. The predicted octanol–water partition coefficient (Wildman–Crippen LogP) is 7.29. The van der Waals surface area contributed by atoms with Crippen molar-refractivity contribution < 1.29 is 0 Å². The number of aromatic nitrogens is 4. The van der Waals surface area contributed by atoms with Gasteiger partial charge in [-0.05, 0) is 0 Å². The van der Waals surface area contributed by atoms with Gasteiger partial charge in [0, 0.05) is 46.8 Å². The molecule has 234 valence electrons. The van der Waals surface area contributed by atoms with E-state index in [1.165, 1.54) is 0 Å². The van der Waals surface area contributed by atoms with Crippen molar-refractivity contribution in [2.45, 2.75) is 13.1 Å². The van der Waals surface area contributed by atoms with Crippen LogP contribution in [0.4, 0.5) is 0 Å². The van der Waals surface area contributed by atoms with Crippen molar-refractivity contribution in [1.29, 1.82) is 10.5 Å². The van der Waals surface area contributed by atoms with Gasteiger partial charge >= 0.3 is 0 Å². The van der Waals surface area contributed by atoms with E-state index in [9.17, 15) is 20.1 Å². The molecule has 8 nitrogen and oxygen atoms in total. The Morgan fingerprint density at radius 2 is 0.812 bits per heavy atom. The molecular formula is C38H28N6O2S2. The Hall–Kier alpha value is -5.68. The van der Waals surface area contributed by atoms with Gasteiger partial charge in [0.2, 0.25) is 0 Å². The van der Waals surface area contributed by atoms with Gasteiger partial charge in [-0.3, -0.25) is 18.7 Å². The van der Waals surface area contributed by atoms with Crippen LogP contribution < -0.4 is 11.1 Å². The van der Waals surface area contributed by atoms with Gasteiger partial charge in [0.05, 0.1) is 11.4 Å². The number of benzene rings is 4. The van der Waals surface area contributed by atoms with Crippen LogP contribution in [0.2, 0.25) is 0 Å². The van der Waals surface area contributed by atoms with Gasteiger partial charge in [-0.2, -0.15) is 10.5 Å². The van der Waals surface area contributed by atoms with E-state index in [2.05, 4.69) is 12.1 Å². The molecule has 6 rings (SSSR count). The van der Waals surface area contributed by atoms with Crippen LogP contribution in [0.25, 0.3) is 45.3 Å². The lowest BCUT2D eigenvalue weighted by atomic mass is 10.1. The molecule has 0 fully saturated rings. The molecule has 0 aliphatic heterocycles. The Labute approximate surface area is 285 Å². The second-order valence-corrected chi connectivity index (χ2v) is 13.3. The van der Waals surface area contributed by atoms with Crippen LogP contribution >= 0.6 is 21.6 Å². The van der Waals surface area contributed by atoms with Gasteiger partial charge in [0.25, 0.3) is 11.1 Å². The van der Waals surface area contributed by atoms with E-state index in [1.807, 2.05) is 121 Å². The molecule has 0 atom stereocenters. The Morgan fingerprint density at radius 3 is 1.12 bits per heavy atom. The van der Waals surface area contributed by atoms with Crippen molar-refractivity contribution in [3.63, 3.8) is 0 Å². The zero-order chi connectivity index (χ0) is 33.3. The van der Waals surface area contributed by atoms with E-state index >= 15 is 0 Å². The summed E-state index contributed by atoms with van der Waals surface area (Å²) in [4.78, 5) is 37.1. The van der Waals surface area contributed by atoms with Gasteiger partial charge < -0.3 is 0 Å². The highest BCUT2D eigenvalue weighted by molar-refractivity contribution is 8.76. The molecule has 10 heteroatoms. The number of hydrogen-bond donors (Lipinski definition) is 0. The summed E-state index contributed by atoms with van der Waals surface area (Å²) in [6, 6.07) is 41.7. The van der Waals surface area contributed by atoms with E-state index in [1.54, 1.807) is 30.7 Å². The minimum Gasteiger partial charge on any atom is -0.291 e. The normalized spacial score (nSPS) is 10.7. The van der Waals surface area contributed by atoms with Crippen LogP contribution in [0.15, 0.2) is 131 Å². The molecule has 2 aromatic heterocycles. The lowest BCUT2D eigenvalue weighted by Gasteiger charge is -2.16. The Kier molecular flexibility index (Phi) is 10.3. The largest absolute Gasteiger partial charge is 0.291 e. The minimum atomic E-state index is -0.386. The fraction of sp³-hybridized carbons (Fsp3) is 0.105. The van der Waals surface area contributed by atoms with Crippen LogP contribution in [0.5, 0.6) is 0 Å². The van der Waals surface area contributed by atoms with E-state index in [0.29, 0.717) is 58.8 Å². The van der Waals surface area contributed by atoms with Gasteiger partial charge in [0.1, 0.15) is 34.9 Å². The first-order valence-electron chi connectivity index (χ1n) is 15.2. The summed E-state index contributed by atoms with van der Waals surface area (Å²) in [6.07, 6.45) is 0. The average Bonchev–Trinajstić information content (AvgIpc) is 3.15. The van der Waals surface area contributed by atoms with Gasteiger partial charge in [0.15, 0.2) is 0 Å². The van der Waals surface area contributed by atoms with Crippen LogP contribution in [0, 0.1) is 22.7 Å². The zero-order valence-electron chi connectivity index (χ0n) is 25.7. The predicted molar refractivity (Wildman–Crippen MR) is 193 cm³/mol. The third-order valence-corrected chi connectivity index (χ3v) is 9.97. The van der Waals surface area contributed by atoms with Crippen molar-refractivity contribution in [3.8, 4) is 57.4 Å². The topological polar surface area (TPSA) is 117 Å². The van der Waals surface area contributed by atoms with E-state index in [4.69, 9.17) is 9.97 Å². The Balaban J connectivity index is 1.23. The highest BCUT2D eigenvalue weighted by Crippen LogP contribution is 2.28. The fourth-order valence-electron chi connectivity index (χ4n) is 5.33. The Bertz CT molecular complexity index is 2080. The van der Waals surface area contributed by atoms with Crippen molar-refractivity contribution in [2.24, 2.45) is 0 Å². The van der Waals surface area contributed by atoms with Crippen LogP contribution in [0.3, 0.4) is 0 Å². The average molecular weight is 665 g/mol. The quantitative estimate of drug-likeness (QED) is 0.105. The van der Waals surface area contributed by atoms with Crippen molar-refractivity contribution >= 4 is 21.6 Å². The standard InChI is InChI=1S/C38H28N6O2S2/c39-25-31-33(27-13-5-1-6-14-27)41-35(29-17-9-3-10-18-29)43(37(31)45)21-23-47-48-24-22-44-36(30-19-11-4-12-20-30)42-34(32(26-40)38(44)46)28-15-7-2-8-16-28/h1-20H,21-24H2. The molecule has 0 saturated heterocycles. The molecule has 0 radical (unpaired) electrons. The first-order valence-corrected chi connectivity index (χ1v) is 17.7. The third-order valence-electron chi connectivity index (χ3n) is 7.60. The number of hydrogen-bond acceptors (Lipinski definition) is 8. The molecule has 0 bridgehead atoms. The molecule has 0 amide bonds. The highest BCUT2D eigenvalue weighted by Gasteiger charge is 2.20.